The van der Waals surface area contributed by atoms with Gasteiger partial charge in [-0.15, -0.1) is 0 Å². The quantitative estimate of drug-likeness (QED) is 0.759. The number of nitrogens with zero attached hydrogens (tertiary/aromatic N) is 1. The summed E-state index contributed by atoms with van der Waals surface area (Å²) in [5.41, 5.74) is 0.768. The van der Waals surface area contributed by atoms with Crippen LogP contribution < -0.4 is 0 Å². The summed E-state index contributed by atoms with van der Waals surface area (Å²) in [5, 5.41) is 0. The highest BCUT2D eigenvalue weighted by molar-refractivity contribution is 5.90. The number of ketones is 1. The number of Topliss-reactive ketones (excluding diaryl/α,β-unsaturated/α-hetero) is 1. The minimum absolute atomic E-state index is 0.370. The maximum absolute atomic E-state index is 12.3. The molecule has 1 aliphatic carbocycles. The minimum atomic E-state index is -0.375. The Morgan fingerprint density at radius 3 is 2.38 bits per heavy atom. The molecule has 1 atom stereocenters. The van der Waals surface area contributed by atoms with Gasteiger partial charge in [0.05, 0.1) is 0 Å². The summed E-state index contributed by atoms with van der Waals surface area (Å²) in [6, 6.07) is 10.2. The van der Waals surface area contributed by atoms with Gasteiger partial charge in [-0.25, -0.2) is 0 Å². The molecule has 2 nitrogen and oxygen atoms in total. The molecular formula is C14H19NO. The van der Waals surface area contributed by atoms with Crippen LogP contribution in [0, 0.1) is 0 Å². The van der Waals surface area contributed by atoms with E-state index < -0.39 is 0 Å². The summed E-state index contributed by atoms with van der Waals surface area (Å²) in [4.78, 5) is 14.4. The molecule has 0 saturated heterocycles. The molecule has 0 N–H and O–H groups in total. The van der Waals surface area contributed by atoms with Gasteiger partial charge in [0.1, 0.15) is 5.54 Å². The fourth-order valence-corrected chi connectivity index (χ4v) is 2.76. The maximum Gasteiger partial charge on any atom is 0.157 e. The van der Waals surface area contributed by atoms with Crippen LogP contribution in [0.25, 0.3) is 0 Å². The molecule has 1 aromatic rings. The summed E-state index contributed by atoms with van der Waals surface area (Å²) >= 11 is 0. The summed E-state index contributed by atoms with van der Waals surface area (Å²) < 4.78 is 0. The highest BCUT2D eigenvalue weighted by Gasteiger charge is 2.42. The van der Waals surface area contributed by atoms with Gasteiger partial charge in [0.2, 0.25) is 0 Å². The molecule has 2 rings (SSSR count). The largest absolute Gasteiger partial charge is 0.297 e. The third-order valence-corrected chi connectivity index (χ3v) is 3.67. The van der Waals surface area contributed by atoms with Gasteiger partial charge in [-0.1, -0.05) is 36.8 Å². The van der Waals surface area contributed by atoms with Crippen molar-refractivity contribution in [1.29, 1.82) is 0 Å². The Labute approximate surface area is 97.3 Å². The van der Waals surface area contributed by atoms with Crippen LogP contribution >= 0.6 is 0 Å². The van der Waals surface area contributed by atoms with E-state index in [0.29, 0.717) is 12.2 Å². The molecule has 1 aromatic carbocycles. The molecule has 1 fully saturated rings. The second-order valence-electron chi connectivity index (χ2n) is 4.75. The van der Waals surface area contributed by atoms with Crippen molar-refractivity contribution in [2.75, 3.05) is 14.1 Å². The minimum Gasteiger partial charge on any atom is -0.297 e. The molecule has 0 aliphatic heterocycles. The molecule has 0 bridgehead atoms. The number of hydrogen-bond donors (Lipinski definition) is 0. The van der Waals surface area contributed by atoms with Gasteiger partial charge in [0.15, 0.2) is 5.78 Å². The number of rotatable bonds is 2. The summed E-state index contributed by atoms with van der Waals surface area (Å²) in [6.45, 7) is 0. The smallest absolute Gasteiger partial charge is 0.157 e. The lowest BCUT2D eigenvalue weighted by Gasteiger charge is -2.41. The molecular weight excluding hydrogens is 198 g/mol. The highest BCUT2D eigenvalue weighted by atomic mass is 16.1. The Morgan fingerprint density at radius 1 is 1.12 bits per heavy atom. The first kappa shape index (κ1) is 11.3. The first-order chi connectivity index (χ1) is 7.68. The molecule has 1 aliphatic rings. The van der Waals surface area contributed by atoms with Crippen molar-refractivity contribution >= 4 is 5.78 Å². The van der Waals surface area contributed by atoms with Crippen LogP contribution in [0.4, 0.5) is 0 Å². The average Bonchev–Trinajstić information content (AvgIpc) is 2.30. The molecule has 0 unspecified atom stereocenters. The van der Waals surface area contributed by atoms with E-state index in [9.17, 15) is 4.79 Å². The van der Waals surface area contributed by atoms with Crippen molar-refractivity contribution in [3.8, 4) is 0 Å². The van der Waals surface area contributed by atoms with Crippen LogP contribution in [0.15, 0.2) is 30.3 Å². The molecule has 0 radical (unpaired) electrons. The monoisotopic (exact) mass is 217 g/mol. The molecule has 1 saturated carbocycles. The van der Waals surface area contributed by atoms with Crippen molar-refractivity contribution in [3.63, 3.8) is 0 Å². The Balaban J connectivity index is 2.47. The van der Waals surface area contributed by atoms with Gasteiger partial charge in [0.25, 0.3) is 0 Å². The van der Waals surface area contributed by atoms with Crippen LogP contribution in [0.3, 0.4) is 0 Å². The van der Waals surface area contributed by atoms with E-state index in [1.807, 2.05) is 32.3 Å². The molecule has 86 valence electrons. The summed E-state index contributed by atoms with van der Waals surface area (Å²) in [6.07, 6.45) is 3.84. The molecule has 0 heterocycles. The fourth-order valence-electron chi connectivity index (χ4n) is 2.76. The number of carbonyl (C=O) groups excluding carboxylic acids is 1. The lowest BCUT2D eigenvalue weighted by atomic mass is 9.74. The van der Waals surface area contributed by atoms with E-state index in [2.05, 4.69) is 17.0 Å². The third-order valence-electron chi connectivity index (χ3n) is 3.67. The first-order valence-corrected chi connectivity index (χ1v) is 5.94. The standard InChI is InChI=1S/C14H19NO/c1-15(2)14(11-7-6-10-13(14)16)12-8-4-3-5-9-12/h3-5,8-9H,6-7,10-11H2,1-2H3/t14-/m0/s1. The van der Waals surface area contributed by atoms with Crippen LogP contribution in [-0.4, -0.2) is 24.8 Å². The Kier molecular flexibility index (Phi) is 3.10. The zero-order valence-corrected chi connectivity index (χ0v) is 10.1. The SMILES string of the molecule is CN(C)[C@]1(c2ccccc2)CCCCC1=O. The normalized spacial score (nSPS) is 26.1. The van der Waals surface area contributed by atoms with E-state index in [-0.39, 0.29) is 5.54 Å². The zero-order valence-electron chi connectivity index (χ0n) is 10.1. The zero-order chi connectivity index (χ0) is 11.6. The van der Waals surface area contributed by atoms with Crippen LogP contribution in [0.2, 0.25) is 0 Å². The topological polar surface area (TPSA) is 20.3 Å². The molecule has 0 amide bonds. The number of carbonyl (C=O) groups is 1. The van der Waals surface area contributed by atoms with E-state index >= 15 is 0 Å². The summed E-state index contributed by atoms with van der Waals surface area (Å²) in [5.74, 6) is 0.370. The Bertz CT molecular complexity index is 372. The van der Waals surface area contributed by atoms with E-state index in [1.165, 1.54) is 0 Å². The van der Waals surface area contributed by atoms with E-state index in [1.54, 1.807) is 0 Å². The highest BCUT2D eigenvalue weighted by Crippen LogP contribution is 2.38. The second kappa shape index (κ2) is 4.38. The van der Waals surface area contributed by atoms with Gasteiger partial charge in [0, 0.05) is 6.42 Å². The number of likely N-dealkylation sites (N-methyl/N-ethyl adjacent to an activating group) is 1. The molecule has 0 spiro atoms. The van der Waals surface area contributed by atoms with Gasteiger partial charge in [-0.05, 0) is 32.5 Å². The van der Waals surface area contributed by atoms with Gasteiger partial charge in [-0.2, -0.15) is 0 Å². The third kappa shape index (κ3) is 1.67. The molecule has 16 heavy (non-hydrogen) atoms. The van der Waals surface area contributed by atoms with Gasteiger partial charge in [-0.3, -0.25) is 9.69 Å². The van der Waals surface area contributed by atoms with Crippen LogP contribution in [0.5, 0.6) is 0 Å². The summed E-state index contributed by atoms with van der Waals surface area (Å²) in [7, 11) is 4.02. The van der Waals surface area contributed by atoms with Gasteiger partial charge < -0.3 is 0 Å². The van der Waals surface area contributed by atoms with Crippen LogP contribution in [-0.2, 0) is 10.3 Å². The van der Waals surface area contributed by atoms with Crippen molar-refractivity contribution in [2.45, 2.75) is 31.2 Å². The second-order valence-corrected chi connectivity index (χ2v) is 4.75. The van der Waals surface area contributed by atoms with Crippen molar-refractivity contribution in [3.05, 3.63) is 35.9 Å². The lowest BCUT2D eigenvalue weighted by molar-refractivity contribution is -0.133. The number of benzene rings is 1. The van der Waals surface area contributed by atoms with Crippen molar-refractivity contribution in [1.82, 2.24) is 4.90 Å². The van der Waals surface area contributed by atoms with E-state index in [0.717, 1.165) is 24.8 Å². The van der Waals surface area contributed by atoms with Crippen molar-refractivity contribution in [2.24, 2.45) is 0 Å². The average molecular weight is 217 g/mol. The number of hydrogen-bond acceptors (Lipinski definition) is 2. The van der Waals surface area contributed by atoms with Crippen molar-refractivity contribution < 1.29 is 4.79 Å². The van der Waals surface area contributed by atoms with E-state index in [4.69, 9.17) is 0 Å². The molecule has 2 heteroatoms. The molecule has 0 aromatic heterocycles. The first-order valence-electron chi connectivity index (χ1n) is 5.94. The fraction of sp³-hybridized carbons (Fsp3) is 0.500. The van der Waals surface area contributed by atoms with Gasteiger partial charge >= 0.3 is 0 Å². The predicted octanol–water partition coefficient (Wildman–Crippen LogP) is 2.59. The lowest BCUT2D eigenvalue weighted by Crippen LogP contribution is -2.50. The Hall–Kier alpha value is -1.15. The Morgan fingerprint density at radius 2 is 1.81 bits per heavy atom. The predicted molar refractivity (Wildman–Crippen MR) is 65.3 cm³/mol. The van der Waals surface area contributed by atoms with Crippen LogP contribution in [0.1, 0.15) is 31.2 Å². The maximum atomic E-state index is 12.3.